The van der Waals surface area contributed by atoms with Crippen LogP contribution in [0.1, 0.15) is 24.4 Å². The minimum absolute atomic E-state index is 0.204. The van der Waals surface area contributed by atoms with Gasteiger partial charge in [0.15, 0.2) is 11.3 Å². The predicted octanol–water partition coefficient (Wildman–Crippen LogP) is 3.19. The molecule has 28 heavy (non-hydrogen) atoms. The molecule has 0 aliphatic carbocycles. The summed E-state index contributed by atoms with van der Waals surface area (Å²) in [5, 5.41) is 19.0. The van der Waals surface area contributed by atoms with E-state index in [1.165, 1.54) is 34.9 Å². The minimum Gasteiger partial charge on any atom is -0.479 e. The molecule has 0 bridgehead atoms. The lowest BCUT2D eigenvalue weighted by atomic mass is 10.2. The Bertz CT molecular complexity index is 970. The van der Waals surface area contributed by atoms with Crippen LogP contribution in [0.2, 0.25) is 0 Å². The summed E-state index contributed by atoms with van der Waals surface area (Å²) in [6.45, 7) is 3.44. The Morgan fingerprint density at radius 3 is 2.82 bits per heavy atom. The van der Waals surface area contributed by atoms with E-state index in [0.717, 1.165) is 11.4 Å². The molecule has 10 heteroatoms. The van der Waals surface area contributed by atoms with Crippen molar-refractivity contribution in [3.8, 4) is 5.75 Å². The van der Waals surface area contributed by atoms with Gasteiger partial charge in [-0.05, 0) is 37.2 Å². The van der Waals surface area contributed by atoms with Gasteiger partial charge in [-0.1, -0.05) is 36.5 Å². The Hall–Kier alpha value is -2.72. The zero-order chi connectivity index (χ0) is 20.3. The highest BCUT2D eigenvalue weighted by molar-refractivity contribution is 8.18. The largest absolute Gasteiger partial charge is 0.479 e. The van der Waals surface area contributed by atoms with Crippen LogP contribution < -0.4 is 4.74 Å². The van der Waals surface area contributed by atoms with Crippen LogP contribution in [0.4, 0.5) is 5.13 Å². The Morgan fingerprint density at radius 1 is 1.39 bits per heavy atom. The number of amidine groups is 1. The molecule has 1 aromatic heterocycles. The van der Waals surface area contributed by atoms with Crippen LogP contribution >= 0.6 is 23.1 Å². The number of benzene rings is 1. The first-order valence-corrected chi connectivity index (χ1v) is 10.1. The molecule has 2 aromatic rings. The molecule has 3 rings (SSSR count). The highest BCUT2D eigenvalue weighted by atomic mass is 32.2. The quantitative estimate of drug-likeness (QED) is 0.718. The van der Waals surface area contributed by atoms with Gasteiger partial charge >= 0.3 is 5.97 Å². The molecule has 0 radical (unpaired) electrons. The molecule has 1 atom stereocenters. The molecule has 2 heterocycles. The van der Waals surface area contributed by atoms with Crippen molar-refractivity contribution in [3.05, 3.63) is 39.7 Å². The van der Waals surface area contributed by atoms with E-state index in [9.17, 15) is 9.59 Å². The maximum Gasteiger partial charge on any atom is 0.344 e. The van der Waals surface area contributed by atoms with Crippen LogP contribution in [0.3, 0.4) is 0 Å². The second kappa shape index (κ2) is 8.53. The molecule has 1 unspecified atom stereocenters. The van der Waals surface area contributed by atoms with E-state index in [-0.39, 0.29) is 5.91 Å². The van der Waals surface area contributed by atoms with Gasteiger partial charge in [-0.15, -0.1) is 10.2 Å². The topological polar surface area (TPSA) is 105 Å². The number of para-hydroxylation sites is 1. The Morgan fingerprint density at radius 2 is 2.14 bits per heavy atom. The van der Waals surface area contributed by atoms with Crippen molar-refractivity contribution < 1.29 is 19.4 Å². The zero-order valence-corrected chi connectivity index (χ0v) is 17.1. The molecule has 1 fully saturated rings. The molecular weight excluding hydrogens is 400 g/mol. The predicted molar refractivity (Wildman–Crippen MR) is 109 cm³/mol. The first-order chi connectivity index (χ1) is 13.4. The van der Waals surface area contributed by atoms with Crippen LogP contribution in [0.5, 0.6) is 5.75 Å². The van der Waals surface area contributed by atoms with Crippen molar-refractivity contribution in [2.45, 2.75) is 26.4 Å². The number of thioether (sulfide) groups is 1. The molecule has 1 aliphatic rings. The Balaban J connectivity index is 1.87. The highest BCUT2D eigenvalue weighted by Crippen LogP contribution is 2.35. The number of carbonyl (C=O) groups is 2. The fourth-order valence-corrected chi connectivity index (χ4v) is 3.92. The fraction of sp³-hybridized carbons (Fsp3) is 0.278. The van der Waals surface area contributed by atoms with E-state index >= 15 is 0 Å². The second-order valence-corrected chi connectivity index (χ2v) is 7.89. The Labute approximate surface area is 169 Å². The second-order valence-electron chi connectivity index (χ2n) is 5.84. The molecule has 0 spiro atoms. The molecule has 1 amide bonds. The van der Waals surface area contributed by atoms with Crippen LogP contribution in [-0.2, 0) is 16.0 Å². The van der Waals surface area contributed by atoms with Crippen LogP contribution in [0.25, 0.3) is 6.08 Å². The Kier molecular flexibility index (Phi) is 6.10. The lowest BCUT2D eigenvalue weighted by Crippen LogP contribution is -2.24. The number of ether oxygens (including phenoxy) is 1. The summed E-state index contributed by atoms with van der Waals surface area (Å²) in [6.07, 6.45) is 1.45. The first-order valence-electron chi connectivity index (χ1n) is 8.46. The fourth-order valence-electron chi connectivity index (χ4n) is 2.26. The van der Waals surface area contributed by atoms with Crippen molar-refractivity contribution in [2.75, 3.05) is 7.05 Å². The number of rotatable bonds is 6. The van der Waals surface area contributed by atoms with Crippen LogP contribution in [0.15, 0.2) is 34.2 Å². The number of aliphatic imine (C=N–C) groups is 1. The summed E-state index contributed by atoms with van der Waals surface area (Å²) < 4.78 is 5.49. The van der Waals surface area contributed by atoms with E-state index < -0.39 is 12.1 Å². The van der Waals surface area contributed by atoms with Crippen molar-refractivity contribution in [3.63, 3.8) is 0 Å². The SMILES string of the molecule is CCc1nnc(/N=C2/S/C(=C/c3ccccc3OC(C)C(=O)O)C(=O)N2C)s1. The number of carboxylic acid groups (broad SMARTS) is 1. The highest BCUT2D eigenvalue weighted by Gasteiger charge is 2.31. The van der Waals surface area contributed by atoms with Crippen LogP contribution in [-0.4, -0.2) is 50.4 Å². The normalized spacial score (nSPS) is 18.1. The van der Waals surface area contributed by atoms with Gasteiger partial charge in [-0.3, -0.25) is 9.69 Å². The van der Waals surface area contributed by atoms with E-state index in [2.05, 4.69) is 15.2 Å². The standard InChI is InChI=1S/C18H18N4O4S2/c1-4-14-20-21-17(28-14)19-18-22(3)15(23)13(27-18)9-11-7-5-6-8-12(11)26-10(2)16(24)25/h5-10H,4H2,1-3H3,(H,24,25)/b13-9+,19-18+. The number of carbonyl (C=O) groups excluding carboxylic acids is 1. The van der Waals surface area contributed by atoms with E-state index in [1.54, 1.807) is 37.4 Å². The average Bonchev–Trinajstić information content (AvgIpc) is 3.23. The molecule has 1 N–H and O–H groups in total. The average molecular weight is 419 g/mol. The molecule has 1 aliphatic heterocycles. The third-order valence-corrected chi connectivity index (χ3v) is 5.83. The summed E-state index contributed by atoms with van der Waals surface area (Å²) in [5.41, 5.74) is 0.616. The number of hydrogen-bond acceptors (Lipinski definition) is 8. The molecule has 1 saturated heterocycles. The number of carboxylic acids is 1. The number of hydrogen-bond donors (Lipinski definition) is 1. The number of amides is 1. The summed E-state index contributed by atoms with van der Waals surface area (Å²) in [5.74, 6) is -0.875. The molecule has 8 nitrogen and oxygen atoms in total. The van der Waals surface area contributed by atoms with Crippen molar-refractivity contribution >= 4 is 51.4 Å². The van der Waals surface area contributed by atoms with Crippen molar-refractivity contribution in [1.82, 2.24) is 15.1 Å². The summed E-state index contributed by atoms with van der Waals surface area (Å²) in [7, 11) is 1.64. The minimum atomic E-state index is -1.06. The first kappa shape index (κ1) is 20.0. The van der Waals surface area contributed by atoms with Crippen LogP contribution in [0, 0.1) is 0 Å². The zero-order valence-electron chi connectivity index (χ0n) is 15.4. The molecule has 0 saturated carbocycles. The summed E-state index contributed by atoms with van der Waals surface area (Å²) in [6, 6.07) is 6.97. The van der Waals surface area contributed by atoms with Gasteiger partial charge in [0, 0.05) is 12.6 Å². The van der Waals surface area contributed by atoms with Gasteiger partial charge in [-0.2, -0.15) is 4.99 Å². The molecule has 1 aromatic carbocycles. The molecular formula is C18H18N4O4S2. The van der Waals surface area contributed by atoms with E-state index in [0.29, 0.717) is 26.5 Å². The summed E-state index contributed by atoms with van der Waals surface area (Å²) in [4.78, 5) is 30.0. The van der Waals surface area contributed by atoms with Gasteiger partial charge in [0.2, 0.25) is 5.13 Å². The van der Waals surface area contributed by atoms with E-state index in [4.69, 9.17) is 9.84 Å². The number of likely N-dealkylation sites (N-methyl/N-ethyl adjacent to an activating group) is 1. The van der Waals surface area contributed by atoms with Gasteiger partial charge in [-0.25, -0.2) is 4.79 Å². The third-order valence-electron chi connectivity index (χ3n) is 3.81. The number of aliphatic carboxylic acids is 1. The monoisotopic (exact) mass is 418 g/mol. The lowest BCUT2D eigenvalue weighted by Gasteiger charge is -2.12. The maximum absolute atomic E-state index is 12.6. The number of nitrogens with zero attached hydrogens (tertiary/aromatic N) is 4. The van der Waals surface area contributed by atoms with Gasteiger partial charge < -0.3 is 9.84 Å². The van der Waals surface area contributed by atoms with Crippen molar-refractivity contribution in [1.29, 1.82) is 0 Å². The summed E-state index contributed by atoms with van der Waals surface area (Å²) >= 11 is 2.61. The lowest BCUT2D eigenvalue weighted by molar-refractivity contribution is -0.144. The van der Waals surface area contributed by atoms with Gasteiger partial charge in [0.05, 0.1) is 4.91 Å². The maximum atomic E-state index is 12.6. The van der Waals surface area contributed by atoms with Crippen molar-refractivity contribution in [2.24, 2.45) is 4.99 Å². The number of aryl methyl sites for hydroxylation is 1. The smallest absolute Gasteiger partial charge is 0.344 e. The molecule has 146 valence electrons. The van der Waals surface area contributed by atoms with Gasteiger partial charge in [0.25, 0.3) is 5.91 Å². The number of aromatic nitrogens is 2. The van der Waals surface area contributed by atoms with E-state index in [1.807, 2.05) is 6.92 Å². The van der Waals surface area contributed by atoms with Gasteiger partial charge in [0.1, 0.15) is 10.8 Å². The third kappa shape index (κ3) is 4.39.